The first kappa shape index (κ1) is 16.7. The number of hydrogen-bond acceptors (Lipinski definition) is 5. The molecule has 0 saturated carbocycles. The van der Waals surface area contributed by atoms with Gasteiger partial charge in [0, 0.05) is 12.6 Å². The minimum atomic E-state index is -0.670. The van der Waals surface area contributed by atoms with Gasteiger partial charge in [0.05, 0.1) is 27.4 Å². The second-order valence-electron chi connectivity index (χ2n) is 5.30. The summed E-state index contributed by atoms with van der Waals surface area (Å²) in [6, 6.07) is 5.37. The average molecular weight is 361 g/mol. The van der Waals surface area contributed by atoms with Crippen LogP contribution in [0.25, 0.3) is 5.69 Å². The lowest BCUT2D eigenvalue weighted by Crippen LogP contribution is -2.25. The number of pyridine rings is 1. The van der Waals surface area contributed by atoms with Crippen molar-refractivity contribution >= 4 is 35.1 Å². The van der Waals surface area contributed by atoms with Gasteiger partial charge in [0.2, 0.25) is 0 Å². The van der Waals surface area contributed by atoms with E-state index < -0.39 is 17.4 Å². The molecule has 8 nitrogen and oxygen atoms in total. The molecule has 0 aliphatic carbocycles. The first-order valence-electron chi connectivity index (χ1n) is 7.34. The Hall–Kier alpha value is -3.13. The van der Waals surface area contributed by atoms with Gasteiger partial charge in [0.1, 0.15) is 5.82 Å². The Morgan fingerprint density at radius 3 is 2.60 bits per heavy atom. The number of hydrogen-bond donors (Lipinski definition) is 3. The number of carbonyl (C=O) groups excluding carboxylic acids is 3. The SMILES string of the molecule is CCNC(=O)c1ccc(-n2c(N)c3c(cc2=O)C(=O)NC3=O)cc1Cl. The molecule has 25 heavy (non-hydrogen) atoms. The van der Waals surface area contributed by atoms with Gasteiger partial charge in [-0.15, -0.1) is 0 Å². The predicted molar refractivity (Wildman–Crippen MR) is 91.3 cm³/mol. The van der Waals surface area contributed by atoms with Crippen molar-refractivity contribution in [1.29, 1.82) is 0 Å². The highest BCUT2D eigenvalue weighted by Crippen LogP contribution is 2.25. The van der Waals surface area contributed by atoms with Crippen molar-refractivity contribution in [3.63, 3.8) is 0 Å². The van der Waals surface area contributed by atoms with Crippen LogP contribution in [0.5, 0.6) is 0 Å². The summed E-state index contributed by atoms with van der Waals surface area (Å²) < 4.78 is 1.06. The Kier molecular flexibility index (Phi) is 4.05. The standard InChI is InChI=1S/C16H13ClN4O4/c1-2-19-14(23)8-4-3-7(5-10(8)17)21-11(22)6-9-12(13(21)18)16(25)20-15(9)24/h3-6H,2,18H2,1H3,(H,19,23)(H,20,24,25). The zero-order chi connectivity index (χ0) is 18.3. The van der Waals surface area contributed by atoms with Gasteiger partial charge >= 0.3 is 0 Å². The molecule has 128 valence electrons. The van der Waals surface area contributed by atoms with E-state index in [0.29, 0.717) is 6.54 Å². The maximum Gasteiger partial charge on any atom is 0.262 e. The van der Waals surface area contributed by atoms with E-state index in [0.717, 1.165) is 10.6 Å². The van der Waals surface area contributed by atoms with Gasteiger partial charge in [0.15, 0.2) is 0 Å². The van der Waals surface area contributed by atoms with E-state index in [4.69, 9.17) is 17.3 Å². The van der Waals surface area contributed by atoms with E-state index in [1.807, 2.05) is 0 Å². The third-order valence-electron chi connectivity index (χ3n) is 3.75. The molecule has 1 aliphatic heterocycles. The van der Waals surface area contributed by atoms with E-state index >= 15 is 0 Å². The first-order valence-corrected chi connectivity index (χ1v) is 7.72. The smallest absolute Gasteiger partial charge is 0.262 e. The number of rotatable bonds is 3. The molecule has 0 unspecified atom stereocenters. The first-order chi connectivity index (χ1) is 11.8. The van der Waals surface area contributed by atoms with Crippen molar-refractivity contribution in [2.24, 2.45) is 0 Å². The number of nitrogen functional groups attached to an aromatic ring is 1. The number of anilines is 1. The monoisotopic (exact) mass is 360 g/mol. The number of imide groups is 1. The quantitative estimate of drug-likeness (QED) is 0.695. The molecular formula is C16H13ClN4O4. The largest absolute Gasteiger partial charge is 0.384 e. The topological polar surface area (TPSA) is 123 Å². The van der Waals surface area contributed by atoms with Gasteiger partial charge in [-0.3, -0.25) is 29.1 Å². The molecule has 3 amide bonds. The Labute approximate surface area is 146 Å². The van der Waals surface area contributed by atoms with Crippen LogP contribution < -0.4 is 21.9 Å². The van der Waals surface area contributed by atoms with Crippen LogP contribution >= 0.6 is 11.6 Å². The third kappa shape index (κ3) is 2.66. The van der Waals surface area contributed by atoms with Crippen molar-refractivity contribution in [3.8, 4) is 5.69 Å². The molecule has 9 heteroatoms. The normalized spacial score (nSPS) is 12.7. The summed E-state index contributed by atoms with van der Waals surface area (Å²) in [6.45, 7) is 2.22. The summed E-state index contributed by atoms with van der Waals surface area (Å²) in [6.07, 6.45) is 0. The summed E-state index contributed by atoms with van der Waals surface area (Å²) in [5, 5.41) is 4.83. The van der Waals surface area contributed by atoms with Crippen molar-refractivity contribution in [2.45, 2.75) is 6.92 Å². The van der Waals surface area contributed by atoms with Gasteiger partial charge < -0.3 is 11.1 Å². The van der Waals surface area contributed by atoms with E-state index in [9.17, 15) is 19.2 Å². The lowest BCUT2D eigenvalue weighted by molar-refractivity contribution is 0.0878. The van der Waals surface area contributed by atoms with E-state index in [2.05, 4.69) is 10.6 Å². The van der Waals surface area contributed by atoms with Crippen LogP contribution in [0, 0.1) is 0 Å². The summed E-state index contributed by atoms with van der Waals surface area (Å²) in [5.74, 6) is -1.86. The molecule has 0 bridgehead atoms. The van der Waals surface area contributed by atoms with Crippen LogP contribution in [-0.2, 0) is 0 Å². The Morgan fingerprint density at radius 1 is 1.24 bits per heavy atom. The third-order valence-corrected chi connectivity index (χ3v) is 4.06. The van der Waals surface area contributed by atoms with Crippen LogP contribution in [-0.4, -0.2) is 28.8 Å². The van der Waals surface area contributed by atoms with Crippen molar-refractivity contribution in [1.82, 2.24) is 15.2 Å². The molecular weight excluding hydrogens is 348 g/mol. The summed E-state index contributed by atoms with van der Waals surface area (Å²) >= 11 is 6.13. The van der Waals surface area contributed by atoms with Gasteiger partial charge in [0.25, 0.3) is 23.3 Å². The zero-order valence-electron chi connectivity index (χ0n) is 13.1. The highest BCUT2D eigenvalue weighted by atomic mass is 35.5. The average Bonchev–Trinajstić information content (AvgIpc) is 2.82. The summed E-state index contributed by atoms with van der Waals surface area (Å²) in [4.78, 5) is 47.8. The van der Waals surface area contributed by atoms with E-state index in [1.165, 1.54) is 18.2 Å². The molecule has 1 aromatic carbocycles. The van der Waals surface area contributed by atoms with Crippen LogP contribution in [0.4, 0.5) is 5.82 Å². The van der Waals surface area contributed by atoms with Crippen molar-refractivity contribution < 1.29 is 14.4 Å². The van der Waals surface area contributed by atoms with Crippen LogP contribution in [0.2, 0.25) is 5.02 Å². The molecule has 2 aromatic rings. The number of carbonyl (C=O) groups is 3. The molecule has 0 spiro atoms. The maximum atomic E-state index is 12.4. The predicted octanol–water partition coefficient (Wildman–Crippen LogP) is 0.706. The molecule has 0 saturated heterocycles. The van der Waals surface area contributed by atoms with Crippen LogP contribution in [0.1, 0.15) is 38.0 Å². The molecule has 2 heterocycles. The number of nitrogens with two attached hydrogens (primary N) is 1. The van der Waals surface area contributed by atoms with Crippen molar-refractivity contribution in [2.75, 3.05) is 12.3 Å². The number of aromatic nitrogens is 1. The fraction of sp³-hybridized carbons (Fsp3) is 0.125. The molecule has 0 fully saturated rings. The van der Waals surface area contributed by atoms with Gasteiger partial charge in [-0.1, -0.05) is 11.6 Å². The maximum absolute atomic E-state index is 12.4. The molecule has 0 atom stereocenters. The summed E-state index contributed by atoms with van der Waals surface area (Å²) in [5.41, 5.74) is 5.74. The number of amides is 3. The fourth-order valence-corrected chi connectivity index (χ4v) is 2.89. The minimum absolute atomic E-state index is 0.0613. The van der Waals surface area contributed by atoms with Crippen LogP contribution in [0.3, 0.4) is 0 Å². The van der Waals surface area contributed by atoms with E-state index in [1.54, 1.807) is 6.92 Å². The molecule has 1 aromatic heterocycles. The molecule has 0 radical (unpaired) electrons. The second-order valence-corrected chi connectivity index (χ2v) is 5.71. The molecule has 3 rings (SSSR count). The lowest BCUT2D eigenvalue weighted by atomic mass is 10.1. The number of fused-ring (bicyclic) bond motifs is 1. The zero-order valence-corrected chi connectivity index (χ0v) is 13.8. The van der Waals surface area contributed by atoms with Crippen molar-refractivity contribution in [3.05, 3.63) is 56.3 Å². The number of nitrogens with zero attached hydrogens (tertiary/aromatic N) is 1. The summed E-state index contributed by atoms with van der Waals surface area (Å²) in [7, 11) is 0. The van der Waals surface area contributed by atoms with E-state index in [-0.39, 0.29) is 39.1 Å². The highest BCUT2D eigenvalue weighted by molar-refractivity contribution is 6.34. The Balaban J connectivity index is 2.16. The number of halogens is 1. The fourth-order valence-electron chi connectivity index (χ4n) is 2.63. The lowest BCUT2D eigenvalue weighted by Gasteiger charge is -2.13. The minimum Gasteiger partial charge on any atom is -0.384 e. The number of benzene rings is 1. The Bertz CT molecular complexity index is 996. The highest BCUT2D eigenvalue weighted by Gasteiger charge is 2.31. The van der Waals surface area contributed by atoms with Gasteiger partial charge in [-0.2, -0.15) is 0 Å². The van der Waals surface area contributed by atoms with Crippen LogP contribution in [0.15, 0.2) is 29.1 Å². The van der Waals surface area contributed by atoms with Gasteiger partial charge in [-0.05, 0) is 25.1 Å². The molecule has 4 N–H and O–H groups in total. The second kappa shape index (κ2) is 6.06. The Morgan fingerprint density at radius 2 is 1.96 bits per heavy atom. The van der Waals surface area contributed by atoms with Gasteiger partial charge in [-0.25, -0.2) is 0 Å². The number of nitrogens with one attached hydrogen (secondary N) is 2. The molecule has 1 aliphatic rings.